The van der Waals surface area contributed by atoms with Crippen molar-refractivity contribution in [2.75, 3.05) is 39.3 Å². The van der Waals surface area contributed by atoms with E-state index in [4.69, 9.17) is 4.74 Å². The summed E-state index contributed by atoms with van der Waals surface area (Å²) in [6, 6.07) is 0. The molecule has 5 heteroatoms. The van der Waals surface area contributed by atoms with E-state index in [9.17, 15) is 4.79 Å². The Hall–Kier alpha value is -0.320. The maximum absolute atomic E-state index is 11.0. The van der Waals surface area contributed by atoms with Crippen LogP contribution in [0.2, 0.25) is 0 Å². The minimum absolute atomic E-state index is 0. The predicted octanol–water partition coefficient (Wildman–Crippen LogP) is 1.05. The summed E-state index contributed by atoms with van der Waals surface area (Å²) in [6.07, 6.45) is 2.61. The highest BCUT2D eigenvalue weighted by Gasteiger charge is 2.08. The molecule has 96 valence electrons. The molecule has 1 heterocycles. The Labute approximate surface area is 104 Å². The van der Waals surface area contributed by atoms with Crippen molar-refractivity contribution in [3.05, 3.63) is 0 Å². The Morgan fingerprint density at radius 1 is 1.31 bits per heavy atom. The molecular weight excluding hydrogens is 228 g/mol. The fraction of sp³-hybridized carbons (Fsp3) is 0.909. The van der Waals surface area contributed by atoms with E-state index in [0.717, 1.165) is 45.6 Å². The molecule has 1 aliphatic heterocycles. The quantitative estimate of drug-likeness (QED) is 0.565. The van der Waals surface area contributed by atoms with E-state index >= 15 is 0 Å². The van der Waals surface area contributed by atoms with Gasteiger partial charge in [0.15, 0.2) is 0 Å². The minimum atomic E-state index is -0.0576. The highest BCUT2D eigenvalue weighted by Crippen LogP contribution is 2.01. The van der Waals surface area contributed by atoms with Crippen LogP contribution in [0, 0.1) is 0 Å². The number of nitrogens with one attached hydrogen (secondary N) is 1. The van der Waals surface area contributed by atoms with E-state index in [0.29, 0.717) is 13.0 Å². The lowest BCUT2D eigenvalue weighted by atomic mass is 10.2. The van der Waals surface area contributed by atoms with Crippen molar-refractivity contribution in [1.82, 2.24) is 10.2 Å². The van der Waals surface area contributed by atoms with Gasteiger partial charge in [-0.05, 0) is 26.3 Å². The van der Waals surface area contributed by atoms with Crippen LogP contribution in [0.15, 0.2) is 0 Å². The van der Waals surface area contributed by atoms with Gasteiger partial charge in [0, 0.05) is 32.6 Å². The summed E-state index contributed by atoms with van der Waals surface area (Å²) in [5, 5.41) is 3.32. The molecule has 1 aliphatic rings. The van der Waals surface area contributed by atoms with Gasteiger partial charge in [0.25, 0.3) is 0 Å². The number of ether oxygens (including phenoxy) is 1. The van der Waals surface area contributed by atoms with Crippen LogP contribution in [0.3, 0.4) is 0 Å². The number of carbonyl (C=O) groups excluding carboxylic acids is 1. The number of unbranched alkanes of at least 4 members (excludes halogenated alkanes) is 1. The van der Waals surface area contributed by atoms with Crippen LogP contribution < -0.4 is 5.32 Å². The molecule has 0 aromatic carbocycles. The lowest BCUT2D eigenvalue weighted by molar-refractivity contribution is -0.143. The molecule has 1 N–H and O–H groups in total. The first kappa shape index (κ1) is 15.7. The number of carbonyl (C=O) groups is 1. The number of halogens is 1. The van der Waals surface area contributed by atoms with Crippen molar-refractivity contribution >= 4 is 18.4 Å². The monoisotopic (exact) mass is 250 g/mol. The van der Waals surface area contributed by atoms with Crippen LogP contribution in [0.1, 0.15) is 26.2 Å². The second-order valence-corrected chi connectivity index (χ2v) is 3.85. The van der Waals surface area contributed by atoms with Crippen LogP contribution >= 0.6 is 12.4 Å². The summed E-state index contributed by atoms with van der Waals surface area (Å²) in [4.78, 5) is 13.5. The number of hydrogen-bond acceptors (Lipinski definition) is 4. The predicted molar refractivity (Wildman–Crippen MR) is 67.0 cm³/mol. The normalized spacial score (nSPS) is 16.6. The van der Waals surface area contributed by atoms with Crippen LogP contribution in [0.4, 0.5) is 0 Å². The average molecular weight is 251 g/mol. The summed E-state index contributed by atoms with van der Waals surface area (Å²) in [6.45, 7) is 7.92. The fourth-order valence-corrected chi connectivity index (χ4v) is 1.77. The van der Waals surface area contributed by atoms with Gasteiger partial charge in [-0.15, -0.1) is 12.4 Å². The lowest BCUT2D eigenvalue weighted by Crippen LogP contribution is -2.43. The zero-order chi connectivity index (χ0) is 10.9. The van der Waals surface area contributed by atoms with Crippen LogP contribution in [-0.4, -0.2) is 50.2 Å². The van der Waals surface area contributed by atoms with Gasteiger partial charge in [-0.3, -0.25) is 4.79 Å². The van der Waals surface area contributed by atoms with Gasteiger partial charge >= 0.3 is 5.97 Å². The van der Waals surface area contributed by atoms with Gasteiger partial charge < -0.3 is 15.0 Å². The van der Waals surface area contributed by atoms with Crippen molar-refractivity contribution in [3.8, 4) is 0 Å². The first-order valence-corrected chi connectivity index (χ1v) is 5.91. The van der Waals surface area contributed by atoms with E-state index in [1.165, 1.54) is 0 Å². The largest absolute Gasteiger partial charge is 0.466 e. The van der Waals surface area contributed by atoms with E-state index in [1.807, 2.05) is 6.92 Å². The Kier molecular flexibility index (Phi) is 9.68. The molecule has 0 bridgehead atoms. The topological polar surface area (TPSA) is 41.6 Å². The van der Waals surface area contributed by atoms with Gasteiger partial charge in [-0.25, -0.2) is 0 Å². The molecule has 0 saturated carbocycles. The standard InChI is InChI=1S/C11H22N2O2.ClH/c1-2-15-11(14)5-3-4-8-13-9-6-12-7-10-13;/h12H,2-10H2,1H3;1H. The van der Waals surface area contributed by atoms with Gasteiger partial charge in [-0.1, -0.05) is 0 Å². The smallest absolute Gasteiger partial charge is 0.305 e. The third kappa shape index (κ3) is 7.04. The lowest BCUT2D eigenvalue weighted by Gasteiger charge is -2.26. The van der Waals surface area contributed by atoms with E-state index < -0.39 is 0 Å². The SMILES string of the molecule is CCOC(=O)CCCCN1CCNCC1.Cl. The molecule has 0 unspecified atom stereocenters. The maximum Gasteiger partial charge on any atom is 0.305 e. The number of piperazine rings is 1. The highest BCUT2D eigenvalue weighted by atomic mass is 35.5. The molecule has 0 aromatic rings. The molecular formula is C11H23ClN2O2. The van der Waals surface area contributed by atoms with Crippen molar-refractivity contribution in [3.63, 3.8) is 0 Å². The van der Waals surface area contributed by atoms with Gasteiger partial charge in [0.2, 0.25) is 0 Å². The Bertz CT molecular complexity index is 185. The third-order valence-electron chi connectivity index (χ3n) is 2.62. The van der Waals surface area contributed by atoms with Crippen LogP contribution in [-0.2, 0) is 9.53 Å². The van der Waals surface area contributed by atoms with E-state index in [1.54, 1.807) is 0 Å². The highest BCUT2D eigenvalue weighted by molar-refractivity contribution is 5.85. The minimum Gasteiger partial charge on any atom is -0.466 e. The Morgan fingerprint density at radius 2 is 2.00 bits per heavy atom. The average Bonchev–Trinajstić information content (AvgIpc) is 2.26. The van der Waals surface area contributed by atoms with Crippen molar-refractivity contribution in [2.24, 2.45) is 0 Å². The first-order valence-electron chi connectivity index (χ1n) is 5.91. The second kappa shape index (κ2) is 9.87. The summed E-state index contributed by atoms with van der Waals surface area (Å²) in [7, 11) is 0. The molecule has 0 radical (unpaired) electrons. The van der Waals surface area contributed by atoms with Crippen LogP contribution in [0.25, 0.3) is 0 Å². The third-order valence-corrected chi connectivity index (χ3v) is 2.62. The Morgan fingerprint density at radius 3 is 2.62 bits per heavy atom. The van der Waals surface area contributed by atoms with Crippen molar-refractivity contribution in [2.45, 2.75) is 26.2 Å². The second-order valence-electron chi connectivity index (χ2n) is 3.85. The summed E-state index contributed by atoms with van der Waals surface area (Å²) in [5.41, 5.74) is 0. The molecule has 0 amide bonds. The molecule has 1 saturated heterocycles. The molecule has 1 rings (SSSR count). The number of nitrogens with zero attached hydrogens (tertiary/aromatic N) is 1. The van der Waals surface area contributed by atoms with E-state index in [-0.39, 0.29) is 18.4 Å². The number of rotatable bonds is 6. The first-order chi connectivity index (χ1) is 7.33. The van der Waals surface area contributed by atoms with Gasteiger partial charge in [0.05, 0.1) is 6.61 Å². The molecule has 0 atom stereocenters. The van der Waals surface area contributed by atoms with Crippen LogP contribution in [0.5, 0.6) is 0 Å². The van der Waals surface area contributed by atoms with Gasteiger partial charge in [-0.2, -0.15) is 0 Å². The summed E-state index contributed by atoms with van der Waals surface area (Å²) < 4.78 is 4.87. The number of hydrogen-bond donors (Lipinski definition) is 1. The summed E-state index contributed by atoms with van der Waals surface area (Å²) in [5.74, 6) is -0.0576. The molecule has 4 nitrogen and oxygen atoms in total. The zero-order valence-corrected chi connectivity index (χ0v) is 10.9. The fourth-order valence-electron chi connectivity index (χ4n) is 1.77. The Balaban J connectivity index is 0.00000225. The molecule has 0 aliphatic carbocycles. The molecule has 0 spiro atoms. The van der Waals surface area contributed by atoms with Crippen molar-refractivity contribution < 1.29 is 9.53 Å². The van der Waals surface area contributed by atoms with Gasteiger partial charge in [0.1, 0.15) is 0 Å². The zero-order valence-electron chi connectivity index (χ0n) is 10.0. The summed E-state index contributed by atoms with van der Waals surface area (Å²) >= 11 is 0. The van der Waals surface area contributed by atoms with Crippen molar-refractivity contribution in [1.29, 1.82) is 0 Å². The molecule has 0 aromatic heterocycles. The van der Waals surface area contributed by atoms with E-state index in [2.05, 4.69) is 10.2 Å². The maximum atomic E-state index is 11.0. The molecule has 1 fully saturated rings. The number of esters is 1. The molecule has 16 heavy (non-hydrogen) atoms.